The van der Waals surface area contributed by atoms with E-state index in [2.05, 4.69) is 10.6 Å². The third kappa shape index (κ3) is 5.98. The molecule has 9 heteroatoms. The van der Waals surface area contributed by atoms with Crippen molar-refractivity contribution in [3.8, 4) is 11.5 Å². The van der Waals surface area contributed by atoms with Gasteiger partial charge in [0.25, 0.3) is 11.8 Å². The number of anilines is 2. The Balaban J connectivity index is 1.39. The van der Waals surface area contributed by atoms with Gasteiger partial charge in [-0.25, -0.2) is 0 Å². The lowest BCUT2D eigenvalue weighted by Crippen LogP contribution is -2.24. The summed E-state index contributed by atoms with van der Waals surface area (Å²) >= 11 is 0. The zero-order chi connectivity index (χ0) is 26.4. The Morgan fingerprint density at radius 2 is 0.865 bits per heavy atom. The fourth-order valence-electron chi connectivity index (χ4n) is 3.41. The van der Waals surface area contributed by atoms with Gasteiger partial charge in [-0.3, -0.25) is 9.59 Å². The molecule has 0 saturated carbocycles. The van der Waals surface area contributed by atoms with Crippen molar-refractivity contribution in [2.75, 3.05) is 10.6 Å². The molecular formula is C28H18N2O7-2. The van der Waals surface area contributed by atoms with Crippen LogP contribution in [0.3, 0.4) is 0 Å². The number of rotatable bonds is 8. The maximum atomic E-state index is 12.5. The lowest BCUT2D eigenvalue weighted by molar-refractivity contribution is -0.256. The summed E-state index contributed by atoms with van der Waals surface area (Å²) < 4.78 is 5.75. The first kappa shape index (κ1) is 24.7. The van der Waals surface area contributed by atoms with Crippen molar-refractivity contribution >= 4 is 35.1 Å². The van der Waals surface area contributed by atoms with Crippen LogP contribution in [0.2, 0.25) is 0 Å². The average molecular weight is 494 g/mol. The molecule has 0 aliphatic rings. The molecule has 9 nitrogen and oxygen atoms in total. The molecule has 0 heterocycles. The molecule has 4 aromatic rings. The molecule has 0 aliphatic carbocycles. The van der Waals surface area contributed by atoms with E-state index in [0.29, 0.717) is 11.5 Å². The van der Waals surface area contributed by atoms with Gasteiger partial charge in [-0.15, -0.1) is 0 Å². The number of carbonyl (C=O) groups is 4. The second kappa shape index (κ2) is 10.9. The predicted molar refractivity (Wildman–Crippen MR) is 130 cm³/mol. The van der Waals surface area contributed by atoms with Crippen LogP contribution in [0.25, 0.3) is 0 Å². The summed E-state index contributed by atoms with van der Waals surface area (Å²) in [5.74, 6) is -2.96. The summed E-state index contributed by atoms with van der Waals surface area (Å²) in [7, 11) is 0. The normalized spacial score (nSPS) is 10.3. The van der Waals surface area contributed by atoms with Crippen molar-refractivity contribution in [1.29, 1.82) is 0 Å². The molecule has 2 amide bonds. The summed E-state index contributed by atoms with van der Waals surface area (Å²) in [6, 6.07) is 24.2. The average Bonchev–Trinajstić information content (AvgIpc) is 2.90. The first-order valence-electron chi connectivity index (χ1n) is 10.9. The molecule has 0 radical (unpaired) electrons. The second-order valence-electron chi connectivity index (χ2n) is 7.73. The van der Waals surface area contributed by atoms with E-state index in [4.69, 9.17) is 4.74 Å². The lowest BCUT2D eigenvalue weighted by Gasteiger charge is -2.12. The number of benzene rings is 4. The SMILES string of the molecule is O=C(Nc1ccccc1C(=O)[O-])c1ccc(Oc2ccc(C(=O)Nc3ccccc3C(=O)[O-])cc2)cc1. The van der Waals surface area contributed by atoms with E-state index in [1.807, 2.05) is 0 Å². The molecule has 184 valence electrons. The lowest BCUT2D eigenvalue weighted by atomic mass is 10.1. The molecule has 2 N–H and O–H groups in total. The maximum absolute atomic E-state index is 12.5. The molecule has 0 unspecified atom stereocenters. The van der Waals surface area contributed by atoms with Crippen molar-refractivity contribution in [2.24, 2.45) is 0 Å². The van der Waals surface area contributed by atoms with Gasteiger partial charge in [-0.2, -0.15) is 0 Å². The highest BCUT2D eigenvalue weighted by Crippen LogP contribution is 2.24. The first-order chi connectivity index (χ1) is 17.8. The molecule has 0 atom stereocenters. The van der Waals surface area contributed by atoms with Crippen LogP contribution in [0, 0.1) is 0 Å². The van der Waals surface area contributed by atoms with E-state index in [-0.39, 0.29) is 33.6 Å². The Bertz CT molecular complexity index is 1370. The van der Waals surface area contributed by atoms with Gasteiger partial charge >= 0.3 is 0 Å². The molecule has 37 heavy (non-hydrogen) atoms. The Morgan fingerprint density at radius 3 is 1.22 bits per heavy atom. The van der Waals surface area contributed by atoms with E-state index in [0.717, 1.165) is 0 Å². The summed E-state index contributed by atoms with van der Waals surface area (Å²) in [4.78, 5) is 47.4. The topological polar surface area (TPSA) is 148 Å². The van der Waals surface area contributed by atoms with Crippen LogP contribution in [0.5, 0.6) is 11.5 Å². The van der Waals surface area contributed by atoms with E-state index < -0.39 is 23.8 Å². The minimum atomic E-state index is -1.40. The number of aromatic carboxylic acids is 2. The Morgan fingerprint density at radius 1 is 0.514 bits per heavy atom. The highest BCUT2D eigenvalue weighted by molar-refractivity contribution is 6.08. The van der Waals surface area contributed by atoms with Crippen molar-refractivity contribution < 1.29 is 34.1 Å². The number of amides is 2. The highest BCUT2D eigenvalue weighted by Gasteiger charge is 2.12. The summed E-state index contributed by atoms with van der Waals surface area (Å²) in [6.07, 6.45) is 0. The fraction of sp³-hybridized carbons (Fsp3) is 0. The fourth-order valence-corrected chi connectivity index (χ4v) is 3.41. The van der Waals surface area contributed by atoms with Crippen LogP contribution in [-0.2, 0) is 0 Å². The molecule has 4 aromatic carbocycles. The number of para-hydroxylation sites is 2. The monoisotopic (exact) mass is 494 g/mol. The van der Waals surface area contributed by atoms with Crippen molar-refractivity contribution in [2.45, 2.75) is 0 Å². The van der Waals surface area contributed by atoms with Gasteiger partial charge in [0.1, 0.15) is 11.5 Å². The summed E-state index contributed by atoms with van der Waals surface area (Å²) in [5, 5.41) is 27.5. The maximum Gasteiger partial charge on any atom is 0.255 e. The van der Waals surface area contributed by atoms with E-state index in [1.54, 1.807) is 36.4 Å². The van der Waals surface area contributed by atoms with E-state index in [1.165, 1.54) is 60.7 Å². The Labute approximate surface area is 211 Å². The van der Waals surface area contributed by atoms with Gasteiger partial charge in [0.05, 0.1) is 23.3 Å². The van der Waals surface area contributed by atoms with Crippen molar-refractivity contribution in [3.05, 3.63) is 119 Å². The Hall–Kier alpha value is -5.44. The molecule has 0 spiro atoms. The molecule has 0 bridgehead atoms. The molecular weight excluding hydrogens is 476 g/mol. The number of ether oxygens (including phenoxy) is 1. The van der Waals surface area contributed by atoms with Gasteiger partial charge in [-0.05, 0) is 60.7 Å². The number of nitrogens with one attached hydrogen (secondary N) is 2. The number of carbonyl (C=O) groups excluding carboxylic acids is 4. The van der Waals surface area contributed by atoms with Crippen molar-refractivity contribution in [3.63, 3.8) is 0 Å². The smallest absolute Gasteiger partial charge is 0.255 e. The molecule has 0 fully saturated rings. The number of hydrogen-bond acceptors (Lipinski definition) is 7. The first-order valence-corrected chi connectivity index (χ1v) is 10.9. The van der Waals surface area contributed by atoms with Crippen LogP contribution in [0.4, 0.5) is 11.4 Å². The van der Waals surface area contributed by atoms with Crippen LogP contribution in [0.1, 0.15) is 41.4 Å². The van der Waals surface area contributed by atoms with E-state index >= 15 is 0 Å². The number of carboxylic acid groups (broad SMARTS) is 2. The third-order valence-corrected chi connectivity index (χ3v) is 5.26. The minimum absolute atomic E-state index is 0.125. The molecule has 0 aromatic heterocycles. The van der Waals surface area contributed by atoms with Crippen LogP contribution < -0.4 is 25.6 Å². The standard InChI is InChI=1S/C28H20N2O7/c31-25(29-23-7-3-1-5-21(23)27(33)34)17-9-13-19(14-10-17)37-20-15-11-18(12-16-20)26(32)30-24-8-4-2-6-22(24)28(35)36/h1-16H,(H,29,31)(H,30,32)(H,33,34)(H,35,36)/p-2. The highest BCUT2D eigenvalue weighted by atomic mass is 16.5. The molecule has 4 rings (SSSR count). The van der Waals surface area contributed by atoms with Crippen LogP contribution >= 0.6 is 0 Å². The van der Waals surface area contributed by atoms with Gasteiger partial charge in [0.2, 0.25) is 0 Å². The predicted octanol–water partition coefficient (Wildman–Crippen LogP) is 2.71. The summed E-state index contributed by atoms with van der Waals surface area (Å²) in [5.41, 5.74) is 0.556. The van der Waals surface area contributed by atoms with Gasteiger partial charge < -0.3 is 35.2 Å². The van der Waals surface area contributed by atoms with Crippen molar-refractivity contribution in [1.82, 2.24) is 0 Å². The van der Waals surface area contributed by atoms with E-state index in [9.17, 15) is 29.4 Å². The van der Waals surface area contributed by atoms with Gasteiger partial charge in [0, 0.05) is 22.3 Å². The van der Waals surface area contributed by atoms with Gasteiger partial charge in [-0.1, -0.05) is 36.4 Å². The minimum Gasteiger partial charge on any atom is -0.545 e. The zero-order valence-electron chi connectivity index (χ0n) is 19.1. The van der Waals surface area contributed by atoms with Crippen LogP contribution in [-0.4, -0.2) is 23.8 Å². The van der Waals surface area contributed by atoms with Crippen LogP contribution in [0.15, 0.2) is 97.1 Å². The molecule has 0 saturated heterocycles. The summed E-state index contributed by atoms with van der Waals surface area (Å²) in [6.45, 7) is 0. The number of hydrogen-bond donors (Lipinski definition) is 2. The Kier molecular flexibility index (Phi) is 7.25. The second-order valence-corrected chi connectivity index (χ2v) is 7.73. The molecule has 0 aliphatic heterocycles. The zero-order valence-corrected chi connectivity index (χ0v) is 19.1. The largest absolute Gasteiger partial charge is 0.545 e. The van der Waals surface area contributed by atoms with Gasteiger partial charge in [0.15, 0.2) is 0 Å². The number of carboxylic acids is 2. The quantitative estimate of drug-likeness (QED) is 0.383. The third-order valence-electron chi connectivity index (χ3n) is 5.26.